The molecule has 0 amide bonds. The standard InChI is InChI=1S/C46H53N8O7P/c1-6-25-53(26-7-2)62(59-28-12-24-47)61-39-29-41(54-45-42(43(52-54)38-15-11-27-57-38)44(49-31-48-3)50-32-51-45)60-40(39)30-58-46(33-13-9-8-10-14-33,34-16-20-36(55-4)21-17-34)35-18-22-37(56-5)23-19-35/h8-11,13-23,27,31-32,39-41H,6-7,12,25-26,28-30H2,1-5H3,(H,48,49,50,51). The van der Waals surface area contributed by atoms with Crippen LogP contribution in [0.15, 0.2) is 113 Å². The average molecular weight is 861 g/mol. The van der Waals surface area contributed by atoms with Crippen LogP contribution >= 0.6 is 8.53 Å². The Morgan fingerprint density at radius 1 is 0.935 bits per heavy atom. The lowest BCUT2D eigenvalue weighted by atomic mass is 9.80. The molecular weight excluding hydrogens is 808 g/mol. The molecule has 3 aromatic heterocycles. The third kappa shape index (κ3) is 9.66. The van der Waals surface area contributed by atoms with Crippen molar-refractivity contribution in [1.29, 1.82) is 5.26 Å². The molecule has 1 aliphatic rings. The van der Waals surface area contributed by atoms with E-state index in [9.17, 15) is 5.26 Å². The maximum absolute atomic E-state index is 9.46. The maximum atomic E-state index is 9.46. The van der Waals surface area contributed by atoms with Crippen LogP contribution in [0.3, 0.4) is 0 Å². The van der Waals surface area contributed by atoms with Gasteiger partial charge in [0.15, 0.2) is 23.5 Å². The molecule has 4 heterocycles. The van der Waals surface area contributed by atoms with Gasteiger partial charge in [0.2, 0.25) is 0 Å². The minimum Gasteiger partial charge on any atom is -0.497 e. The second kappa shape index (κ2) is 21.4. The third-order valence-electron chi connectivity index (χ3n) is 10.5. The number of nitrogens with one attached hydrogen (secondary N) is 1. The van der Waals surface area contributed by atoms with Gasteiger partial charge in [-0.05, 0) is 65.9 Å². The molecule has 0 spiro atoms. The fourth-order valence-electron chi connectivity index (χ4n) is 7.62. The summed E-state index contributed by atoms with van der Waals surface area (Å²) in [6.07, 6.45) is 5.19. The van der Waals surface area contributed by atoms with Gasteiger partial charge in [-0.15, -0.1) is 0 Å². The summed E-state index contributed by atoms with van der Waals surface area (Å²) < 4.78 is 49.0. The summed E-state index contributed by atoms with van der Waals surface area (Å²) in [7, 11) is 3.46. The molecule has 1 saturated heterocycles. The molecule has 0 radical (unpaired) electrons. The fraction of sp³-hybridized carbons (Fsp3) is 0.370. The summed E-state index contributed by atoms with van der Waals surface area (Å²) in [5.74, 6) is 2.39. The first kappa shape index (κ1) is 44.3. The molecule has 1 aliphatic heterocycles. The quantitative estimate of drug-likeness (QED) is 0.0227. The topological polar surface area (TPSA) is 164 Å². The number of rotatable bonds is 22. The SMILES string of the molecule is CCCN(CCC)P(OCCC#N)OC1CC(n2nc(-c3ccco3)c3c(/N=C\NC)ncnc32)OC1COC(c1ccccc1)(c1ccc(OC)cc1)c1ccc(OC)cc1. The number of aromatic nitrogens is 4. The van der Waals surface area contributed by atoms with Crippen molar-refractivity contribution in [2.45, 2.75) is 63.6 Å². The molecule has 7 rings (SSSR count). The van der Waals surface area contributed by atoms with Gasteiger partial charge in [-0.25, -0.2) is 24.3 Å². The summed E-state index contributed by atoms with van der Waals surface area (Å²) in [5, 5.41) is 18.1. The van der Waals surface area contributed by atoms with Crippen LogP contribution in [0.25, 0.3) is 22.5 Å². The molecule has 4 atom stereocenters. The Hall–Kier alpha value is -5.72. The monoisotopic (exact) mass is 860 g/mol. The highest BCUT2D eigenvalue weighted by atomic mass is 31.2. The predicted octanol–water partition coefficient (Wildman–Crippen LogP) is 8.94. The van der Waals surface area contributed by atoms with Gasteiger partial charge in [0.1, 0.15) is 35.2 Å². The van der Waals surface area contributed by atoms with Crippen molar-refractivity contribution in [2.24, 2.45) is 4.99 Å². The normalized spacial score (nSPS) is 17.1. The van der Waals surface area contributed by atoms with Crippen molar-refractivity contribution in [1.82, 2.24) is 29.7 Å². The minimum atomic E-state index is -1.60. The van der Waals surface area contributed by atoms with Crippen molar-refractivity contribution in [3.63, 3.8) is 0 Å². The number of aliphatic imine (C=N–C) groups is 1. The van der Waals surface area contributed by atoms with Gasteiger partial charge >= 0.3 is 0 Å². The number of benzene rings is 3. The zero-order chi connectivity index (χ0) is 43.3. The molecule has 1 N–H and O–H groups in total. The van der Waals surface area contributed by atoms with E-state index in [0.29, 0.717) is 34.7 Å². The summed E-state index contributed by atoms with van der Waals surface area (Å²) in [4.78, 5) is 13.8. The molecule has 1 fully saturated rings. The molecule has 6 aromatic rings. The number of methoxy groups -OCH3 is 2. The van der Waals surface area contributed by atoms with Crippen LogP contribution in [-0.2, 0) is 24.1 Å². The van der Waals surface area contributed by atoms with Crippen molar-refractivity contribution < 1.29 is 32.4 Å². The maximum Gasteiger partial charge on any atom is 0.259 e. The fourth-order valence-corrected chi connectivity index (χ4v) is 9.40. The van der Waals surface area contributed by atoms with Crippen molar-refractivity contribution >= 4 is 31.7 Å². The number of furan rings is 1. The van der Waals surface area contributed by atoms with Gasteiger partial charge in [-0.3, -0.25) is 0 Å². The molecule has 3 aromatic carbocycles. The number of ether oxygens (including phenoxy) is 4. The van der Waals surface area contributed by atoms with Crippen LogP contribution in [0.2, 0.25) is 0 Å². The molecule has 16 heteroatoms. The highest BCUT2D eigenvalue weighted by Crippen LogP contribution is 2.50. The van der Waals surface area contributed by atoms with Crippen molar-refractivity contribution in [2.75, 3.05) is 47.6 Å². The zero-order valence-corrected chi connectivity index (χ0v) is 36.6. The van der Waals surface area contributed by atoms with Crippen LogP contribution in [0.1, 0.15) is 62.4 Å². The Morgan fingerprint density at radius 3 is 2.21 bits per heavy atom. The summed E-state index contributed by atoms with van der Waals surface area (Å²) in [5.41, 5.74) is 2.60. The Kier molecular flexibility index (Phi) is 15.3. The Labute approximate surface area is 363 Å². The van der Waals surface area contributed by atoms with Crippen LogP contribution in [0, 0.1) is 11.3 Å². The lowest BCUT2D eigenvalue weighted by molar-refractivity contribution is -0.0929. The smallest absolute Gasteiger partial charge is 0.259 e. The van der Waals surface area contributed by atoms with Gasteiger partial charge in [0.25, 0.3) is 8.53 Å². The van der Waals surface area contributed by atoms with E-state index < -0.39 is 32.6 Å². The number of nitriles is 1. The van der Waals surface area contributed by atoms with Crippen molar-refractivity contribution in [3.8, 4) is 29.0 Å². The summed E-state index contributed by atoms with van der Waals surface area (Å²) in [6, 6.07) is 31.8. The third-order valence-corrected chi connectivity index (χ3v) is 12.2. The molecule has 0 bridgehead atoms. The number of hydrogen-bond donors (Lipinski definition) is 1. The van der Waals surface area contributed by atoms with Crippen molar-refractivity contribution in [3.05, 3.63) is 120 Å². The number of nitrogens with zero attached hydrogens (tertiary/aromatic N) is 7. The number of fused-ring (bicyclic) bond motifs is 1. The van der Waals surface area contributed by atoms with E-state index >= 15 is 0 Å². The largest absolute Gasteiger partial charge is 0.497 e. The van der Waals surface area contributed by atoms with Crippen LogP contribution in [0.5, 0.6) is 11.5 Å². The lowest BCUT2D eigenvalue weighted by Gasteiger charge is -2.37. The highest BCUT2D eigenvalue weighted by molar-refractivity contribution is 7.44. The van der Waals surface area contributed by atoms with Crippen LogP contribution < -0.4 is 14.8 Å². The molecular formula is C46H53N8O7P. The van der Waals surface area contributed by atoms with E-state index in [-0.39, 0.29) is 19.6 Å². The predicted molar refractivity (Wildman–Crippen MR) is 237 cm³/mol. The molecule has 62 heavy (non-hydrogen) atoms. The second-order valence-electron chi connectivity index (χ2n) is 14.5. The zero-order valence-electron chi connectivity index (χ0n) is 35.7. The molecule has 0 aliphatic carbocycles. The Bertz CT molecular complexity index is 2320. The lowest BCUT2D eigenvalue weighted by Crippen LogP contribution is -2.38. The van der Waals surface area contributed by atoms with Crippen LogP contribution in [-0.4, -0.2) is 90.5 Å². The number of hydrogen-bond acceptors (Lipinski definition) is 13. The van der Waals surface area contributed by atoms with E-state index in [1.165, 1.54) is 6.33 Å². The van der Waals surface area contributed by atoms with Crippen LogP contribution in [0.4, 0.5) is 5.82 Å². The Morgan fingerprint density at radius 2 is 1.61 bits per heavy atom. The molecule has 4 unspecified atom stereocenters. The van der Waals surface area contributed by atoms with Gasteiger partial charge in [-0.1, -0.05) is 68.4 Å². The first-order valence-electron chi connectivity index (χ1n) is 20.8. The highest BCUT2D eigenvalue weighted by Gasteiger charge is 2.45. The first-order chi connectivity index (χ1) is 30.5. The van der Waals surface area contributed by atoms with Gasteiger partial charge in [0.05, 0.1) is 64.0 Å². The van der Waals surface area contributed by atoms with E-state index in [1.807, 2.05) is 72.8 Å². The summed E-state index contributed by atoms with van der Waals surface area (Å²) >= 11 is 0. The van der Waals surface area contributed by atoms with E-state index in [1.54, 1.807) is 44.6 Å². The van der Waals surface area contributed by atoms with E-state index in [4.69, 9.17) is 42.5 Å². The Balaban J connectivity index is 1.34. The van der Waals surface area contributed by atoms with E-state index in [0.717, 1.165) is 54.1 Å². The second-order valence-corrected chi connectivity index (χ2v) is 16.0. The van der Waals surface area contributed by atoms with Gasteiger partial charge in [0, 0.05) is 26.6 Å². The molecule has 15 nitrogen and oxygen atoms in total. The molecule has 0 saturated carbocycles. The van der Waals surface area contributed by atoms with E-state index in [2.05, 4.69) is 52.0 Å². The first-order valence-corrected chi connectivity index (χ1v) is 21.9. The average Bonchev–Trinajstić information content (AvgIpc) is 4.09. The van der Waals surface area contributed by atoms with Gasteiger partial charge in [-0.2, -0.15) is 10.4 Å². The summed E-state index contributed by atoms with van der Waals surface area (Å²) in [6.45, 7) is 6.12. The minimum absolute atomic E-state index is 0.0913. The van der Waals surface area contributed by atoms with Gasteiger partial charge < -0.3 is 37.7 Å². The molecule has 324 valence electrons.